The Morgan fingerprint density at radius 3 is 2.68 bits per heavy atom. The Morgan fingerprint density at radius 1 is 1.11 bits per heavy atom. The summed E-state index contributed by atoms with van der Waals surface area (Å²) in [4.78, 5) is 2.43. The third kappa shape index (κ3) is 3.42. The summed E-state index contributed by atoms with van der Waals surface area (Å²) in [5.74, 6) is 0.935. The van der Waals surface area contributed by atoms with Gasteiger partial charge in [0, 0.05) is 54.5 Å². The number of hydrogen-bond acceptors (Lipinski definition) is 2. The first-order chi connectivity index (χ1) is 13.7. The zero-order valence-electron chi connectivity index (χ0n) is 17.1. The highest BCUT2D eigenvalue weighted by molar-refractivity contribution is 5.87. The van der Waals surface area contributed by atoms with E-state index in [-0.39, 0.29) is 0 Å². The summed E-state index contributed by atoms with van der Waals surface area (Å²) in [5, 5.41) is 1.36. The number of nitrogens with zero attached hydrogens (tertiary/aromatic N) is 2. The predicted molar refractivity (Wildman–Crippen MR) is 118 cm³/mol. The summed E-state index contributed by atoms with van der Waals surface area (Å²) < 4.78 is 8.06. The fourth-order valence-corrected chi connectivity index (χ4v) is 4.37. The van der Waals surface area contributed by atoms with Crippen LogP contribution in [0.1, 0.15) is 43.0 Å². The lowest BCUT2D eigenvalue weighted by Gasteiger charge is -2.32. The highest BCUT2D eigenvalue weighted by Crippen LogP contribution is 2.35. The van der Waals surface area contributed by atoms with E-state index in [4.69, 9.17) is 4.74 Å². The molecule has 3 heteroatoms. The molecule has 3 nitrogen and oxygen atoms in total. The average Bonchev–Trinajstić information content (AvgIpc) is 3.06. The van der Waals surface area contributed by atoms with Crippen LogP contribution in [-0.2, 0) is 19.5 Å². The van der Waals surface area contributed by atoms with Gasteiger partial charge in [-0.05, 0) is 24.1 Å². The van der Waals surface area contributed by atoms with Gasteiger partial charge in [-0.2, -0.15) is 0 Å². The molecule has 2 heterocycles. The van der Waals surface area contributed by atoms with Gasteiger partial charge in [0.2, 0.25) is 0 Å². The zero-order valence-corrected chi connectivity index (χ0v) is 17.1. The maximum Gasteiger partial charge on any atom is 0.120 e. The van der Waals surface area contributed by atoms with Crippen LogP contribution in [0.3, 0.4) is 0 Å². The van der Waals surface area contributed by atoms with E-state index in [0.29, 0.717) is 0 Å². The van der Waals surface area contributed by atoms with Gasteiger partial charge in [0.25, 0.3) is 0 Å². The molecule has 0 saturated carbocycles. The molecule has 146 valence electrons. The minimum atomic E-state index is 0.923. The summed E-state index contributed by atoms with van der Waals surface area (Å²) in [6.45, 7) is 9.69. The molecule has 0 amide bonds. The average molecular weight is 375 g/mol. The van der Waals surface area contributed by atoms with Crippen LogP contribution >= 0.6 is 0 Å². The van der Waals surface area contributed by atoms with Crippen molar-refractivity contribution in [2.45, 2.75) is 45.7 Å². The van der Waals surface area contributed by atoms with E-state index in [0.717, 1.165) is 37.5 Å². The maximum atomic E-state index is 5.51. The van der Waals surface area contributed by atoms with E-state index < -0.39 is 0 Å². The molecule has 0 spiro atoms. The first-order valence-corrected chi connectivity index (χ1v) is 10.4. The molecule has 0 N–H and O–H groups in total. The van der Waals surface area contributed by atoms with Crippen molar-refractivity contribution in [3.05, 3.63) is 71.9 Å². The van der Waals surface area contributed by atoms with Crippen LogP contribution in [0.5, 0.6) is 5.75 Å². The number of ether oxygens (including phenoxy) is 1. The lowest BCUT2D eigenvalue weighted by Crippen LogP contribution is -2.29. The molecular formula is C25H30N2O. The second kappa shape index (κ2) is 8.14. The van der Waals surface area contributed by atoms with Gasteiger partial charge >= 0.3 is 0 Å². The highest BCUT2D eigenvalue weighted by atomic mass is 16.5. The van der Waals surface area contributed by atoms with Gasteiger partial charge in [0.15, 0.2) is 0 Å². The van der Waals surface area contributed by atoms with Crippen LogP contribution in [-0.4, -0.2) is 23.1 Å². The third-order valence-electron chi connectivity index (χ3n) is 5.94. The van der Waals surface area contributed by atoms with Crippen LogP contribution < -0.4 is 4.74 Å². The number of aryl methyl sites for hydroxylation is 1. The number of methoxy groups -OCH3 is 1. The third-order valence-corrected chi connectivity index (χ3v) is 5.94. The van der Waals surface area contributed by atoms with E-state index >= 15 is 0 Å². The predicted octanol–water partition coefficient (Wildman–Crippen LogP) is 5.87. The fraction of sp³-hybridized carbons (Fsp3) is 0.360. The summed E-state index contributed by atoms with van der Waals surface area (Å²) in [7, 11) is 1.75. The standard InChI is InChI=1S/C25H30N2O/c1-4-5-9-15-27-24-14-16-26(19(2)20-10-7-6-8-11-20)18-23(24)22-13-12-21(28-3)17-25(22)27/h6-8,10-13,17H,2,4-5,9,14-16,18H2,1,3H3. The minimum Gasteiger partial charge on any atom is -0.497 e. The van der Waals surface area contributed by atoms with Crippen molar-refractivity contribution in [2.75, 3.05) is 13.7 Å². The summed E-state index contributed by atoms with van der Waals surface area (Å²) >= 11 is 0. The van der Waals surface area contributed by atoms with Crippen molar-refractivity contribution in [1.82, 2.24) is 9.47 Å². The zero-order chi connectivity index (χ0) is 19.5. The second-order valence-electron chi connectivity index (χ2n) is 7.65. The molecule has 28 heavy (non-hydrogen) atoms. The van der Waals surface area contributed by atoms with Gasteiger partial charge < -0.3 is 14.2 Å². The quantitative estimate of drug-likeness (QED) is 0.481. The first-order valence-electron chi connectivity index (χ1n) is 10.4. The van der Waals surface area contributed by atoms with E-state index in [1.165, 1.54) is 47.0 Å². The van der Waals surface area contributed by atoms with E-state index in [1.54, 1.807) is 7.11 Å². The number of rotatable bonds is 7. The first kappa shape index (κ1) is 18.7. The lowest BCUT2D eigenvalue weighted by molar-refractivity contribution is 0.367. The van der Waals surface area contributed by atoms with Crippen LogP contribution in [0, 0.1) is 0 Å². The van der Waals surface area contributed by atoms with E-state index in [9.17, 15) is 0 Å². The van der Waals surface area contributed by atoms with E-state index in [2.05, 4.69) is 71.5 Å². The Kier molecular flexibility index (Phi) is 5.43. The molecule has 0 atom stereocenters. The van der Waals surface area contributed by atoms with Crippen molar-refractivity contribution < 1.29 is 4.74 Å². The van der Waals surface area contributed by atoms with Gasteiger partial charge in [-0.1, -0.05) is 56.7 Å². The van der Waals surface area contributed by atoms with Crippen molar-refractivity contribution in [3.63, 3.8) is 0 Å². The highest BCUT2D eigenvalue weighted by Gasteiger charge is 2.25. The van der Waals surface area contributed by atoms with Crippen molar-refractivity contribution >= 4 is 16.6 Å². The van der Waals surface area contributed by atoms with Crippen LogP contribution in [0.4, 0.5) is 0 Å². The Labute approximate surface area is 168 Å². The lowest BCUT2D eigenvalue weighted by atomic mass is 10.0. The Morgan fingerprint density at radius 2 is 1.93 bits per heavy atom. The number of unbranched alkanes of at least 4 members (excludes halogenated alkanes) is 2. The van der Waals surface area contributed by atoms with Crippen LogP contribution in [0.15, 0.2) is 55.1 Å². The number of hydrogen-bond donors (Lipinski definition) is 0. The number of fused-ring (bicyclic) bond motifs is 3. The molecule has 3 aromatic rings. The van der Waals surface area contributed by atoms with Gasteiger partial charge in [0.05, 0.1) is 12.6 Å². The smallest absolute Gasteiger partial charge is 0.120 e. The molecule has 0 unspecified atom stereocenters. The van der Waals surface area contributed by atoms with Gasteiger partial charge in [-0.3, -0.25) is 0 Å². The molecule has 4 rings (SSSR count). The Balaban J connectivity index is 1.70. The SMILES string of the molecule is C=C(c1ccccc1)N1CCc2c(c3ccc(OC)cc3n2CCCCC)C1. The minimum absolute atomic E-state index is 0.923. The van der Waals surface area contributed by atoms with E-state index in [1.807, 2.05) is 0 Å². The van der Waals surface area contributed by atoms with Gasteiger partial charge in [-0.15, -0.1) is 0 Å². The molecule has 2 aromatic carbocycles. The normalized spacial score (nSPS) is 13.6. The summed E-state index contributed by atoms with van der Waals surface area (Å²) in [6, 6.07) is 17.1. The van der Waals surface area contributed by atoms with Crippen LogP contribution in [0.25, 0.3) is 16.6 Å². The molecule has 0 saturated heterocycles. The van der Waals surface area contributed by atoms with Crippen molar-refractivity contribution in [3.8, 4) is 5.75 Å². The molecule has 0 fully saturated rings. The Hall–Kier alpha value is -2.68. The molecule has 0 radical (unpaired) electrons. The van der Waals surface area contributed by atoms with Crippen LogP contribution in [0.2, 0.25) is 0 Å². The molecular weight excluding hydrogens is 344 g/mol. The molecule has 0 bridgehead atoms. The monoisotopic (exact) mass is 374 g/mol. The largest absolute Gasteiger partial charge is 0.497 e. The molecule has 0 aliphatic carbocycles. The Bertz CT molecular complexity index is 971. The topological polar surface area (TPSA) is 17.4 Å². The second-order valence-corrected chi connectivity index (χ2v) is 7.65. The number of aromatic nitrogens is 1. The van der Waals surface area contributed by atoms with Crippen molar-refractivity contribution in [1.29, 1.82) is 0 Å². The number of benzene rings is 2. The summed E-state index contributed by atoms with van der Waals surface area (Å²) in [6.07, 6.45) is 4.80. The van der Waals surface area contributed by atoms with Gasteiger partial charge in [0.1, 0.15) is 5.75 Å². The fourth-order valence-electron chi connectivity index (χ4n) is 4.37. The molecule has 1 aliphatic heterocycles. The van der Waals surface area contributed by atoms with Gasteiger partial charge in [-0.25, -0.2) is 0 Å². The summed E-state index contributed by atoms with van der Waals surface area (Å²) in [5.41, 5.74) is 6.59. The molecule has 1 aromatic heterocycles. The van der Waals surface area contributed by atoms with Crippen molar-refractivity contribution in [2.24, 2.45) is 0 Å². The maximum absolute atomic E-state index is 5.51. The molecule has 1 aliphatic rings.